The highest BCUT2D eigenvalue weighted by Crippen LogP contribution is 2.14. The third kappa shape index (κ3) is 5.87. The molecule has 2 N–H and O–H groups in total. The number of carbonyl (C=O) groups excluding carboxylic acids is 2. The number of anilines is 1. The topological polar surface area (TPSA) is 58.2 Å². The highest BCUT2D eigenvalue weighted by atomic mass is 16.2. The van der Waals surface area contributed by atoms with Crippen molar-refractivity contribution in [3.63, 3.8) is 0 Å². The number of carbonyl (C=O) groups is 2. The van der Waals surface area contributed by atoms with Gasteiger partial charge in [-0.15, -0.1) is 0 Å². The molecule has 110 valence electrons. The van der Waals surface area contributed by atoms with Crippen molar-refractivity contribution in [2.45, 2.75) is 46.6 Å². The van der Waals surface area contributed by atoms with Gasteiger partial charge in [-0.25, -0.2) is 4.79 Å². The van der Waals surface area contributed by atoms with Gasteiger partial charge < -0.3 is 10.6 Å². The van der Waals surface area contributed by atoms with E-state index in [0.29, 0.717) is 0 Å². The Morgan fingerprint density at radius 3 is 2.15 bits per heavy atom. The fourth-order valence-electron chi connectivity index (χ4n) is 1.72. The molecule has 1 atom stereocenters. The van der Waals surface area contributed by atoms with Crippen molar-refractivity contribution in [2.24, 2.45) is 5.92 Å². The summed E-state index contributed by atoms with van der Waals surface area (Å²) >= 11 is 0. The van der Waals surface area contributed by atoms with Crippen LogP contribution < -0.4 is 10.6 Å². The van der Waals surface area contributed by atoms with Crippen LogP contribution in [0, 0.1) is 5.92 Å². The summed E-state index contributed by atoms with van der Waals surface area (Å²) < 4.78 is 0. The minimum atomic E-state index is -0.263. The summed E-state index contributed by atoms with van der Waals surface area (Å²) in [5.74, 6) is 0.217. The first kappa shape index (κ1) is 16.2. The Kier molecular flexibility index (Phi) is 5.31. The molecule has 0 saturated carbocycles. The number of amides is 2. The second kappa shape index (κ2) is 6.55. The molecule has 0 fully saturated rings. The summed E-state index contributed by atoms with van der Waals surface area (Å²) in [6, 6.07) is 7.36. The van der Waals surface area contributed by atoms with Gasteiger partial charge in [0.2, 0.25) is 0 Å². The number of benzene rings is 1. The zero-order valence-corrected chi connectivity index (χ0v) is 12.9. The summed E-state index contributed by atoms with van der Waals surface area (Å²) in [4.78, 5) is 22.9. The maximum Gasteiger partial charge on any atom is 0.319 e. The van der Waals surface area contributed by atoms with E-state index in [0.717, 1.165) is 17.7 Å². The Balaban J connectivity index is 2.59. The number of urea groups is 1. The van der Waals surface area contributed by atoms with Gasteiger partial charge in [0.15, 0.2) is 0 Å². The second-order valence-corrected chi connectivity index (χ2v) is 6.24. The molecule has 0 aromatic heterocycles. The lowest BCUT2D eigenvalue weighted by molar-refractivity contribution is -0.120. The van der Waals surface area contributed by atoms with Crippen LogP contribution in [0.5, 0.6) is 0 Å². The van der Waals surface area contributed by atoms with Gasteiger partial charge in [-0.05, 0) is 51.8 Å². The fraction of sp³-hybridized carbons (Fsp3) is 0.500. The van der Waals surface area contributed by atoms with E-state index in [1.54, 1.807) is 6.92 Å². The lowest BCUT2D eigenvalue weighted by Crippen LogP contribution is -2.43. The molecule has 0 aliphatic heterocycles. The molecular formula is C16H24N2O2. The molecule has 1 aromatic rings. The van der Waals surface area contributed by atoms with E-state index in [1.807, 2.05) is 52.0 Å². The molecule has 2 amide bonds. The van der Waals surface area contributed by atoms with Crippen molar-refractivity contribution in [2.75, 3.05) is 5.32 Å². The molecule has 0 heterocycles. The third-order valence-electron chi connectivity index (χ3n) is 2.94. The van der Waals surface area contributed by atoms with Crippen LogP contribution in [0.2, 0.25) is 0 Å². The zero-order valence-electron chi connectivity index (χ0n) is 12.9. The molecule has 0 bridgehead atoms. The average molecular weight is 276 g/mol. The summed E-state index contributed by atoms with van der Waals surface area (Å²) in [5.41, 5.74) is 1.57. The van der Waals surface area contributed by atoms with Gasteiger partial charge in [0, 0.05) is 17.1 Å². The number of Topliss-reactive ketones (excluding diaryl/α,β-unsaturated/α-hetero) is 1. The molecule has 0 spiro atoms. The van der Waals surface area contributed by atoms with Crippen molar-refractivity contribution in [1.82, 2.24) is 5.32 Å². The van der Waals surface area contributed by atoms with Crippen LogP contribution in [0.1, 0.15) is 40.2 Å². The standard InChI is InChI=1S/C16H24N2O2/c1-11(12(2)19)10-13-6-8-14(9-7-13)17-15(20)18-16(3,4)5/h6-9,11H,10H2,1-5H3,(H2,17,18,20)/t11-/m1/s1. The van der Waals surface area contributed by atoms with Gasteiger partial charge in [0.05, 0.1) is 0 Å². The van der Waals surface area contributed by atoms with E-state index in [2.05, 4.69) is 10.6 Å². The van der Waals surface area contributed by atoms with E-state index in [9.17, 15) is 9.59 Å². The molecule has 0 saturated heterocycles. The Morgan fingerprint density at radius 1 is 1.15 bits per heavy atom. The monoisotopic (exact) mass is 276 g/mol. The van der Waals surface area contributed by atoms with Crippen molar-refractivity contribution in [1.29, 1.82) is 0 Å². The lowest BCUT2D eigenvalue weighted by Gasteiger charge is -2.20. The van der Waals surface area contributed by atoms with Crippen molar-refractivity contribution < 1.29 is 9.59 Å². The number of hydrogen-bond donors (Lipinski definition) is 2. The maximum atomic E-state index is 11.7. The predicted molar refractivity (Wildman–Crippen MR) is 81.9 cm³/mol. The minimum absolute atomic E-state index is 0.0259. The highest BCUT2D eigenvalue weighted by molar-refractivity contribution is 5.89. The predicted octanol–water partition coefficient (Wildman–Crippen LogP) is 3.37. The average Bonchev–Trinajstić information content (AvgIpc) is 2.28. The first-order valence-electron chi connectivity index (χ1n) is 6.86. The van der Waals surface area contributed by atoms with Crippen LogP contribution in [0.4, 0.5) is 10.5 Å². The zero-order chi connectivity index (χ0) is 15.3. The summed E-state index contributed by atoms with van der Waals surface area (Å²) in [5, 5.41) is 5.62. The second-order valence-electron chi connectivity index (χ2n) is 6.24. The van der Waals surface area contributed by atoms with Crippen LogP contribution in [-0.4, -0.2) is 17.4 Å². The van der Waals surface area contributed by atoms with E-state index in [4.69, 9.17) is 0 Å². The quantitative estimate of drug-likeness (QED) is 0.885. The molecule has 0 unspecified atom stereocenters. The van der Waals surface area contributed by atoms with Crippen LogP contribution in [0.25, 0.3) is 0 Å². The van der Waals surface area contributed by atoms with E-state index in [1.165, 1.54) is 0 Å². The highest BCUT2D eigenvalue weighted by Gasteiger charge is 2.13. The van der Waals surface area contributed by atoms with Gasteiger partial charge in [0.25, 0.3) is 0 Å². The molecule has 0 aliphatic carbocycles. The van der Waals surface area contributed by atoms with Gasteiger partial charge in [0.1, 0.15) is 5.78 Å². The summed E-state index contributed by atoms with van der Waals surface area (Å²) in [6.07, 6.45) is 0.726. The molecule has 1 aromatic carbocycles. The van der Waals surface area contributed by atoms with E-state index < -0.39 is 0 Å². The molecule has 0 aliphatic rings. The van der Waals surface area contributed by atoms with Crippen molar-refractivity contribution in [3.8, 4) is 0 Å². The third-order valence-corrected chi connectivity index (χ3v) is 2.94. The van der Waals surface area contributed by atoms with Gasteiger partial charge in [-0.3, -0.25) is 4.79 Å². The van der Waals surface area contributed by atoms with E-state index >= 15 is 0 Å². The first-order valence-corrected chi connectivity index (χ1v) is 6.86. The van der Waals surface area contributed by atoms with Crippen LogP contribution in [0.15, 0.2) is 24.3 Å². The SMILES string of the molecule is CC(=O)[C@H](C)Cc1ccc(NC(=O)NC(C)(C)C)cc1. The maximum absolute atomic E-state index is 11.7. The number of ketones is 1. The Labute approximate surface area is 121 Å². The molecule has 4 heteroatoms. The van der Waals surface area contributed by atoms with E-state index in [-0.39, 0.29) is 23.3 Å². The molecule has 20 heavy (non-hydrogen) atoms. The molecule has 1 rings (SSSR count). The van der Waals surface area contributed by atoms with Gasteiger partial charge >= 0.3 is 6.03 Å². The van der Waals surface area contributed by atoms with Crippen LogP contribution >= 0.6 is 0 Å². The number of nitrogens with one attached hydrogen (secondary N) is 2. The van der Waals surface area contributed by atoms with Gasteiger partial charge in [-0.2, -0.15) is 0 Å². The normalized spacial score (nSPS) is 12.7. The Hall–Kier alpha value is -1.84. The Morgan fingerprint density at radius 2 is 1.70 bits per heavy atom. The fourth-order valence-corrected chi connectivity index (χ4v) is 1.72. The Bertz CT molecular complexity index is 472. The summed E-state index contributed by atoms with van der Waals surface area (Å²) in [7, 11) is 0. The smallest absolute Gasteiger partial charge is 0.319 e. The minimum Gasteiger partial charge on any atom is -0.333 e. The lowest BCUT2D eigenvalue weighted by atomic mass is 9.98. The largest absolute Gasteiger partial charge is 0.333 e. The molecular weight excluding hydrogens is 252 g/mol. The van der Waals surface area contributed by atoms with Crippen molar-refractivity contribution in [3.05, 3.63) is 29.8 Å². The number of hydrogen-bond acceptors (Lipinski definition) is 2. The van der Waals surface area contributed by atoms with Crippen molar-refractivity contribution >= 4 is 17.5 Å². The van der Waals surface area contributed by atoms with Gasteiger partial charge in [-0.1, -0.05) is 19.1 Å². The number of rotatable bonds is 4. The molecule has 0 radical (unpaired) electrons. The van der Waals surface area contributed by atoms with Crippen LogP contribution in [-0.2, 0) is 11.2 Å². The first-order chi connectivity index (χ1) is 9.17. The van der Waals surface area contributed by atoms with Crippen LogP contribution in [0.3, 0.4) is 0 Å². The summed E-state index contributed by atoms with van der Waals surface area (Å²) in [6.45, 7) is 9.32. The molecule has 4 nitrogen and oxygen atoms in total.